The van der Waals surface area contributed by atoms with Gasteiger partial charge >= 0.3 is 7.82 Å². The molecule has 0 atom stereocenters. The lowest BCUT2D eigenvalue weighted by Crippen LogP contribution is -2.07. The van der Waals surface area contributed by atoms with Crippen molar-refractivity contribution in [2.45, 2.75) is 32.7 Å². The zero-order valence-corrected chi connectivity index (χ0v) is 19.9. The van der Waals surface area contributed by atoms with Crippen molar-refractivity contribution in [3.05, 3.63) is 53.9 Å². The van der Waals surface area contributed by atoms with E-state index in [0.29, 0.717) is 29.4 Å². The maximum Gasteiger partial charge on any atom is 0.472 e. The van der Waals surface area contributed by atoms with Gasteiger partial charge in [-0.1, -0.05) is 37.6 Å². The van der Waals surface area contributed by atoms with Crippen LogP contribution in [0.2, 0.25) is 0 Å². The quantitative estimate of drug-likeness (QED) is 0.224. The second-order valence-electron chi connectivity index (χ2n) is 7.80. The number of nitrogens with two attached hydrogens (primary N) is 1. The van der Waals surface area contributed by atoms with E-state index in [-0.39, 0.29) is 0 Å². The molecular formula is C23H27N4O6P. The normalized spacial score (nSPS) is 11.9. The summed E-state index contributed by atoms with van der Waals surface area (Å²) in [5.74, 6) is 2.05. The molecule has 2 heterocycles. The molecule has 180 valence electrons. The Kier molecular flexibility index (Phi) is 7.04. The minimum atomic E-state index is -4.63. The first-order valence-electron chi connectivity index (χ1n) is 10.8. The largest absolute Gasteiger partial charge is 0.493 e. The van der Waals surface area contributed by atoms with Crippen molar-refractivity contribution in [1.82, 2.24) is 14.5 Å². The Labute approximate surface area is 196 Å². The fourth-order valence-corrected chi connectivity index (χ4v) is 4.06. The standard InChI is InChI=1S/C23H27N4O6P/c1-3-4-9-20-26-21-22(16-7-5-6-8-17(16)25-23(21)24)27(20)13-15-10-11-18(19(12-15)31-2)32-14-33-34(28,29)30/h5-8,10-12H,3-4,9,13-14H2,1-2H3,(H2,24,25)(H2,28,29,30). The van der Waals surface area contributed by atoms with Gasteiger partial charge in [-0.15, -0.1) is 0 Å². The van der Waals surface area contributed by atoms with Crippen LogP contribution in [0.1, 0.15) is 31.2 Å². The first kappa shape index (κ1) is 24.0. The number of methoxy groups -OCH3 is 1. The van der Waals surface area contributed by atoms with Crippen LogP contribution < -0.4 is 15.2 Å². The van der Waals surface area contributed by atoms with Crippen LogP contribution in [0.4, 0.5) is 5.82 Å². The van der Waals surface area contributed by atoms with Gasteiger partial charge in [-0.3, -0.25) is 0 Å². The van der Waals surface area contributed by atoms with E-state index in [9.17, 15) is 4.57 Å². The van der Waals surface area contributed by atoms with Crippen LogP contribution in [0.3, 0.4) is 0 Å². The van der Waals surface area contributed by atoms with E-state index >= 15 is 0 Å². The average Bonchev–Trinajstić information content (AvgIpc) is 3.16. The van der Waals surface area contributed by atoms with Crippen LogP contribution in [-0.4, -0.2) is 38.2 Å². The topological polar surface area (TPSA) is 142 Å². The van der Waals surface area contributed by atoms with Gasteiger partial charge in [0.25, 0.3) is 0 Å². The lowest BCUT2D eigenvalue weighted by Gasteiger charge is -2.15. The number of aromatic nitrogens is 3. The lowest BCUT2D eigenvalue weighted by molar-refractivity contribution is 0.0806. The van der Waals surface area contributed by atoms with Crippen molar-refractivity contribution in [2.75, 3.05) is 19.6 Å². The molecule has 0 unspecified atom stereocenters. The number of imidazole rings is 1. The summed E-state index contributed by atoms with van der Waals surface area (Å²) in [4.78, 5) is 27.0. The molecule has 0 radical (unpaired) electrons. The van der Waals surface area contributed by atoms with Gasteiger partial charge in [0.2, 0.25) is 6.79 Å². The Balaban J connectivity index is 1.74. The Morgan fingerprint density at radius 1 is 1.12 bits per heavy atom. The summed E-state index contributed by atoms with van der Waals surface area (Å²) < 4.78 is 28.2. The first-order valence-corrected chi connectivity index (χ1v) is 12.4. The number of nitrogens with zero attached hydrogens (tertiary/aromatic N) is 3. The highest BCUT2D eigenvalue weighted by molar-refractivity contribution is 7.46. The summed E-state index contributed by atoms with van der Waals surface area (Å²) in [5.41, 5.74) is 9.63. The zero-order valence-electron chi connectivity index (χ0n) is 19.0. The van der Waals surface area contributed by atoms with Gasteiger partial charge in [0, 0.05) is 18.4 Å². The number of phosphoric ester groups is 1. The minimum Gasteiger partial charge on any atom is -0.493 e. The third kappa shape index (κ3) is 5.15. The molecule has 2 aromatic carbocycles. The molecule has 4 aromatic rings. The van der Waals surface area contributed by atoms with Gasteiger partial charge in [0.1, 0.15) is 11.3 Å². The lowest BCUT2D eigenvalue weighted by atomic mass is 10.1. The third-order valence-electron chi connectivity index (χ3n) is 5.45. The zero-order chi connectivity index (χ0) is 24.3. The summed E-state index contributed by atoms with van der Waals surface area (Å²) in [5, 5.41) is 0.975. The number of nitrogen functional groups attached to an aromatic ring is 1. The molecule has 2 aromatic heterocycles. The smallest absolute Gasteiger partial charge is 0.472 e. The maximum atomic E-state index is 10.9. The van der Waals surface area contributed by atoms with Gasteiger partial charge in [0.05, 0.1) is 18.1 Å². The number of phosphoric acid groups is 1. The second-order valence-corrected chi connectivity index (χ2v) is 9.04. The van der Waals surface area contributed by atoms with E-state index in [0.717, 1.165) is 47.1 Å². The Morgan fingerprint density at radius 3 is 2.65 bits per heavy atom. The van der Waals surface area contributed by atoms with Crippen LogP contribution in [0, 0.1) is 0 Å². The van der Waals surface area contributed by atoms with Crippen molar-refractivity contribution in [2.24, 2.45) is 0 Å². The molecule has 0 aliphatic rings. The number of anilines is 1. The van der Waals surface area contributed by atoms with E-state index in [1.54, 1.807) is 6.07 Å². The Hall–Kier alpha value is -3.17. The number of pyridine rings is 1. The van der Waals surface area contributed by atoms with Gasteiger partial charge in [-0.05, 0) is 30.2 Å². The summed E-state index contributed by atoms with van der Waals surface area (Å²) in [6.45, 7) is 2.04. The summed E-state index contributed by atoms with van der Waals surface area (Å²) in [6, 6.07) is 13.2. The molecule has 4 rings (SSSR count). The first-order chi connectivity index (χ1) is 16.3. The highest BCUT2D eigenvalue weighted by Gasteiger charge is 2.19. The number of fused-ring (bicyclic) bond motifs is 3. The monoisotopic (exact) mass is 486 g/mol. The number of unbranched alkanes of at least 4 members (excludes halogenated alkanes) is 1. The highest BCUT2D eigenvalue weighted by Crippen LogP contribution is 2.37. The molecule has 11 heteroatoms. The number of hydrogen-bond donors (Lipinski definition) is 3. The predicted octanol–water partition coefficient (Wildman–Crippen LogP) is 4.01. The van der Waals surface area contributed by atoms with E-state index in [4.69, 9.17) is 30.0 Å². The Morgan fingerprint density at radius 2 is 1.91 bits per heavy atom. The number of ether oxygens (including phenoxy) is 2. The minimum absolute atomic E-state index is 0.306. The van der Waals surface area contributed by atoms with Gasteiger partial charge in [0.15, 0.2) is 17.3 Å². The molecule has 0 amide bonds. The van der Waals surface area contributed by atoms with E-state index in [1.807, 2.05) is 36.4 Å². The number of hydrogen-bond acceptors (Lipinski definition) is 7. The van der Waals surface area contributed by atoms with Crippen molar-refractivity contribution in [3.8, 4) is 11.5 Å². The number of benzene rings is 2. The van der Waals surface area contributed by atoms with Crippen LogP contribution in [0.15, 0.2) is 42.5 Å². The van der Waals surface area contributed by atoms with Crippen LogP contribution in [0.5, 0.6) is 11.5 Å². The molecule has 0 saturated heterocycles. The summed E-state index contributed by atoms with van der Waals surface area (Å²) in [7, 11) is -3.13. The SMILES string of the molecule is CCCCc1nc2c(N)nc3ccccc3c2n1Cc1ccc(OCOP(=O)(O)O)c(OC)c1. The van der Waals surface area contributed by atoms with Crippen molar-refractivity contribution in [1.29, 1.82) is 0 Å². The maximum absolute atomic E-state index is 10.9. The van der Waals surface area contributed by atoms with Crippen LogP contribution in [0.25, 0.3) is 21.9 Å². The summed E-state index contributed by atoms with van der Waals surface area (Å²) >= 11 is 0. The van der Waals surface area contributed by atoms with Gasteiger partial charge in [-0.2, -0.15) is 0 Å². The molecule has 0 aliphatic heterocycles. The van der Waals surface area contributed by atoms with E-state index in [1.165, 1.54) is 7.11 Å². The van der Waals surface area contributed by atoms with Crippen molar-refractivity contribution < 1.29 is 28.3 Å². The van der Waals surface area contributed by atoms with E-state index in [2.05, 4.69) is 21.0 Å². The van der Waals surface area contributed by atoms with Gasteiger partial charge < -0.3 is 29.6 Å². The Bertz CT molecular complexity index is 1370. The number of para-hydroxylation sites is 1. The van der Waals surface area contributed by atoms with Crippen LogP contribution >= 0.6 is 7.82 Å². The fraction of sp³-hybridized carbons (Fsp3) is 0.304. The molecule has 0 bridgehead atoms. The molecule has 0 fully saturated rings. The number of aryl methyl sites for hydroxylation is 1. The molecule has 0 saturated carbocycles. The fourth-order valence-electron chi connectivity index (χ4n) is 3.87. The second kappa shape index (κ2) is 9.99. The summed E-state index contributed by atoms with van der Waals surface area (Å²) in [6.07, 6.45) is 2.83. The number of rotatable bonds is 10. The highest BCUT2D eigenvalue weighted by atomic mass is 31.2. The van der Waals surface area contributed by atoms with E-state index < -0.39 is 14.6 Å². The van der Waals surface area contributed by atoms with Crippen molar-refractivity contribution >= 4 is 35.6 Å². The van der Waals surface area contributed by atoms with Crippen LogP contribution in [-0.2, 0) is 22.1 Å². The molecule has 34 heavy (non-hydrogen) atoms. The molecular weight excluding hydrogens is 459 g/mol. The average molecular weight is 486 g/mol. The molecule has 4 N–H and O–H groups in total. The van der Waals surface area contributed by atoms with Gasteiger partial charge in [-0.25, -0.2) is 19.1 Å². The molecule has 0 aliphatic carbocycles. The molecule has 0 spiro atoms. The third-order valence-corrected chi connectivity index (χ3v) is 5.89. The van der Waals surface area contributed by atoms with Crippen molar-refractivity contribution in [3.63, 3.8) is 0 Å². The molecule has 10 nitrogen and oxygen atoms in total. The predicted molar refractivity (Wildman–Crippen MR) is 129 cm³/mol.